The van der Waals surface area contributed by atoms with Gasteiger partial charge < -0.3 is 4.90 Å². The van der Waals surface area contributed by atoms with E-state index < -0.39 is 0 Å². The highest BCUT2D eigenvalue weighted by Gasteiger charge is 2.28. The van der Waals surface area contributed by atoms with Gasteiger partial charge in [0.1, 0.15) is 0 Å². The van der Waals surface area contributed by atoms with Crippen molar-refractivity contribution in [3.8, 4) is 0 Å². The van der Waals surface area contributed by atoms with Gasteiger partial charge in [0.25, 0.3) is 0 Å². The number of hydrogen-bond donors (Lipinski definition) is 0. The van der Waals surface area contributed by atoms with E-state index in [1.54, 1.807) is 6.92 Å². The molecule has 0 N–H and O–H groups in total. The third kappa shape index (κ3) is 2.59. The van der Waals surface area contributed by atoms with Crippen LogP contribution in [0, 0.1) is 5.92 Å². The van der Waals surface area contributed by atoms with Crippen molar-refractivity contribution in [2.24, 2.45) is 5.92 Å². The molecule has 0 radical (unpaired) electrons. The van der Waals surface area contributed by atoms with Crippen molar-refractivity contribution in [2.45, 2.75) is 13.3 Å². The molecule has 1 amide bonds. The summed E-state index contributed by atoms with van der Waals surface area (Å²) < 4.78 is 1.13. The Kier molecular flexibility index (Phi) is 3.10. The van der Waals surface area contributed by atoms with E-state index in [-0.39, 0.29) is 5.91 Å². The SMILES string of the molecule is CC(=O)N1CC(Cc2cccc(Br)c2)C1. The van der Waals surface area contributed by atoms with Gasteiger partial charge >= 0.3 is 0 Å². The van der Waals surface area contributed by atoms with E-state index in [4.69, 9.17) is 0 Å². The number of likely N-dealkylation sites (tertiary alicyclic amines) is 1. The van der Waals surface area contributed by atoms with Gasteiger partial charge in [-0.15, -0.1) is 0 Å². The van der Waals surface area contributed by atoms with Gasteiger partial charge in [-0.2, -0.15) is 0 Å². The van der Waals surface area contributed by atoms with Gasteiger partial charge in [-0.3, -0.25) is 4.79 Å². The number of halogens is 1. The number of nitrogens with zero attached hydrogens (tertiary/aromatic N) is 1. The van der Waals surface area contributed by atoms with Gasteiger partial charge in [0.05, 0.1) is 0 Å². The van der Waals surface area contributed by atoms with Crippen molar-refractivity contribution in [1.82, 2.24) is 4.90 Å². The summed E-state index contributed by atoms with van der Waals surface area (Å²) in [6, 6.07) is 8.38. The molecule has 1 fully saturated rings. The first-order valence-electron chi connectivity index (χ1n) is 5.15. The molecule has 80 valence electrons. The molecule has 0 aromatic heterocycles. The summed E-state index contributed by atoms with van der Waals surface area (Å²) in [5, 5.41) is 0. The van der Waals surface area contributed by atoms with Crippen LogP contribution in [-0.4, -0.2) is 23.9 Å². The van der Waals surface area contributed by atoms with Crippen LogP contribution >= 0.6 is 15.9 Å². The average Bonchev–Trinajstić information content (AvgIpc) is 2.10. The number of rotatable bonds is 2. The minimum absolute atomic E-state index is 0.195. The molecule has 0 aliphatic carbocycles. The first-order chi connectivity index (χ1) is 7.15. The molecule has 1 aromatic carbocycles. The summed E-state index contributed by atoms with van der Waals surface area (Å²) in [6.45, 7) is 3.47. The van der Waals surface area contributed by atoms with E-state index in [0.717, 1.165) is 24.0 Å². The lowest BCUT2D eigenvalue weighted by molar-refractivity contribution is -0.134. The van der Waals surface area contributed by atoms with E-state index in [0.29, 0.717) is 5.92 Å². The molecule has 0 bridgehead atoms. The molecule has 1 saturated heterocycles. The van der Waals surface area contributed by atoms with Crippen molar-refractivity contribution in [1.29, 1.82) is 0 Å². The zero-order valence-corrected chi connectivity index (χ0v) is 10.3. The molecule has 2 rings (SSSR count). The van der Waals surface area contributed by atoms with Crippen LogP contribution in [0.2, 0.25) is 0 Å². The zero-order valence-electron chi connectivity index (χ0n) is 8.74. The Bertz CT molecular complexity index is 372. The Morgan fingerprint density at radius 3 is 2.87 bits per heavy atom. The quantitative estimate of drug-likeness (QED) is 0.806. The Morgan fingerprint density at radius 1 is 1.53 bits per heavy atom. The number of benzene rings is 1. The number of hydrogen-bond acceptors (Lipinski definition) is 1. The first-order valence-corrected chi connectivity index (χ1v) is 5.94. The van der Waals surface area contributed by atoms with E-state index in [2.05, 4.69) is 34.1 Å². The molecule has 0 spiro atoms. The Balaban J connectivity index is 1.87. The molecular weight excluding hydrogens is 254 g/mol. The minimum atomic E-state index is 0.195. The standard InChI is InChI=1S/C12H14BrNO/c1-9(15)14-7-11(8-14)5-10-3-2-4-12(13)6-10/h2-4,6,11H,5,7-8H2,1H3. The van der Waals surface area contributed by atoms with E-state index in [9.17, 15) is 4.79 Å². The molecule has 1 heterocycles. The lowest BCUT2D eigenvalue weighted by atomic mass is 9.92. The summed E-state index contributed by atoms with van der Waals surface area (Å²) in [5.74, 6) is 0.837. The van der Waals surface area contributed by atoms with Crippen molar-refractivity contribution in [2.75, 3.05) is 13.1 Å². The smallest absolute Gasteiger partial charge is 0.219 e. The summed E-state index contributed by atoms with van der Waals surface area (Å²) >= 11 is 3.46. The summed E-state index contributed by atoms with van der Waals surface area (Å²) in [6.07, 6.45) is 1.07. The lowest BCUT2D eigenvalue weighted by Gasteiger charge is -2.38. The fraction of sp³-hybridized carbons (Fsp3) is 0.417. The Labute approximate surface area is 98.4 Å². The fourth-order valence-electron chi connectivity index (χ4n) is 1.95. The van der Waals surface area contributed by atoms with Crippen molar-refractivity contribution >= 4 is 21.8 Å². The highest BCUT2D eigenvalue weighted by atomic mass is 79.9. The molecule has 0 unspecified atom stereocenters. The second-order valence-corrected chi connectivity index (χ2v) is 5.04. The third-order valence-electron chi connectivity index (χ3n) is 2.82. The van der Waals surface area contributed by atoms with Crippen LogP contribution in [0.25, 0.3) is 0 Å². The van der Waals surface area contributed by atoms with E-state index in [1.807, 2.05) is 11.0 Å². The molecule has 1 aromatic rings. The highest BCUT2D eigenvalue weighted by Crippen LogP contribution is 2.21. The summed E-state index contributed by atoms with van der Waals surface area (Å²) in [7, 11) is 0. The summed E-state index contributed by atoms with van der Waals surface area (Å²) in [5.41, 5.74) is 1.34. The number of carbonyl (C=O) groups is 1. The highest BCUT2D eigenvalue weighted by molar-refractivity contribution is 9.10. The van der Waals surface area contributed by atoms with Gasteiger partial charge in [0, 0.05) is 24.5 Å². The molecule has 1 aliphatic rings. The molecule has 2 nitrogen and oxygen atoms in total. The topological polar surface area (TPSA) is 20.3 Å². The maximum absolute atomic E-state index is 11.0. The van der Waals surface area contributed by atoms with Crippen molar-refractivity contribution < 1.29 is 4.79 Å². The van der Waals surface area contributed by atoms with Crippen LogP contribution < -0.4 is 0 Å². The van der Waals surface area contributed by atoms with E-state index in [1.165, 1.54) is 5.56 Å². The summed E-state index contributed by atoms with van der Waals surface area (Å²) in [4.78, 5) is 12.9. The van der Waals surface area contributed by atoms with Gasteiger partial charge in [-0.1, -0.05) is 28.1 Å². The Hall–Kier alpha value is -0.830. The van der Waals surface area contributed by atoms with Crippen LogP contribution in [0.15, 0.2) is 28.7 Å². The van der Waals surface area contributed by atoms with Crippen LogP contribution in [0.4, 0.5) is 0 Å². The maximum atomic E-state index is 11.0. The fourth-order valence-corrected chi connectivity index (χ4v) is 2.40. The van der Waals surface area contributed by atoms with Crippen LogP contribution in [0.1, 0.15) is 12.5 Å². The predicted molar refractivity (Wildman–Crippen MR) is 63.6 cm³/mol. The Morgan fingerprint density at radius 2 is 2.27 bits per heavy atom. The monoisotopic (exact) mass is 267 g/mol. The lowest BCUT2D eigenvalue weighted by Crippen LogP contribution is -2.49. The molecular formula is C12H14BrNO. The maximum Gasteiger partial charge on any atom is 0.219 e. The van der Waals surface area contributed by atoms with Gasteiger partial charge in [0.2, 0.25) is 5.91 Å². The van der Waals surface area contributed by atoms with Gasteiger partial charge in [-0.25, -0.2) is 0 Å². The second-order valence-electron chi connectivity index (χ2n) is 4.12. The van der Waals surface area contributed by atoms with Crippen molar-refractivity contribution in [3.63, 3.8) is 0 Å². The molecule has 15 heavy (non-hydrogen) atoms. The minimum Gasteiger partial charge on any atom is -0.342 e. The molecule has 0 atom stereocenters. The van der Waals surface area contributed by atoms with Crippen LogP contribution in [-0.2, 0) is 11.2 Å². The second kappa shape index (κ2) is 4.35. The van der Waals surface area contributed by atoms with E-state index >= 15 is 0 Å². The van der Waals surface area contributed by atoms with Crippen LogP contribution in [0.3, 0.4) is 0 Å². The third-order valence-corrected chi connectivity index (χ3v) is 3.31. The van der Waals surface area contributed by atoms with Gasteiger partial charge in [-0.05, 0) is 30.0 Å². The van der Waals surface area contributed by atoms with Gasteiger partial charge in [0.15, 0.2) is 0 Å². The van der Waals surface area contributed by atoms with Crippen molar-refractivity contribution in [3.05, 3.63) is 34.3 Å². The molecule has 3 heteroatoms. The molecule has 0 saturated carbocycles. The predicted octanol–water partition coefficient (Wildman–Crippen LogP) is 2.47. The van der Waals surface area contributed by atoms with Crippen LogP contribution in [0.5, 0.6) is 0 Å². The normalized spacial score (nSPS) is 16.3. The number of amides is 1. The number of carbonyl (C=O) groups excluding carboxylic acids is 1. The largest absolute Gasteiger partial charge is 0.342 e. The zero-order chi connectivity index (χ0) is 10.8. The molecule has 1 aliphatic heterocycles. The first kappa shape index (κ1) is 10.7. The average molecular weight is 268 g/mol.